The lowest BCUT2D eigenvalue weighted by Crippen LogP contribution is -2.22. The van der Waals surface area contributed by atoms with Crippen molar-refractivity contribution in [2.75, 3.05) is 4.90 Å². The Morgan fingerprint density at radius 3 is 2.25 bits per heavy atom. The summed E-state index contributed by atoms with van der Waals surface area (Å²) in [7, 11) is 0. The van der Waals surface area contributed by atoms with Gasteiger partial charge in [-0.2, -0.15) is 0 Å². The van der Waals surface area contributed by atoms with E-state index in [4.69, 9.17) is 11.6 Å². The molecule has 0 saturated carbocycles. The SMILES string of the molecule is O=C1c2ccccc2/C(=C/c2ccccc2)N1c1cccc(Cl)c1. The molecule has 1 heterocycles. The average molecular weight is 332 g/mol. The summed E-state index contributed by atoms with van der Waals surface area (Å²) in [5.41, 5.74) is 4.32. The van der Waals surface area contributed by atoms with E-state index in [9.17, 15) is 4.79 Å². The number of benzene rings is 3. The quantitative estimate of drug-likeness (QED) is 0.607. The number of rotatable bonds is 2. The lowest BCUT2D eigenvalue weighted by atomic mass is 10.1. The Hall–Kier alpha value is -2.84. The smallest absolute Gasteiger partial charge is 0.263 e. The number of anilines is 1. The van der Waals surface area contributed by atoms with Gasteiger partial charge < -0.3 is 0 Å². The average Bonchev–Trinajstić information content (AvgIpc) is 2.89. The second-order valence-corrected chi connectivity index (χ2v) is 6.04. The number of hydrogen-bond donors (Lipinski definition) is 0. The first kappa shape index (κ1) is 14.7. The van der Waals surface area contributed by atoms with Crippen molar-refractivity contribution in [2.24, 2.45) is 0 Å². The van der Waals surface area contributed by atoms with Crippen molar-refractivity contribution >= 4 is 35.0 Å². The van der Waals surface area contributed by atoms with Crippen LogP contribution in [0.5, 0.6) is 0 Å². The van der Waals surface area contributed by atoms with Crippen LogP contribution in [0.1, 0.15) is 21.5 Å². The minimum Gasteiger partial charge on any atom is -0.276 e. The van der Waals surface area contributed by atoms with Crippen molar-refractivity contribution in [1.82, 2.24) is 0 Å². The van der Waals surface area contributed by atoms with Crippen molar-refractivity contribution in [3.05, 3.63) is 101 Å². The molecule has 3 aromatic rings. The van der Waals surface area contributed by atoms with Crippen LogP contribution in [-0.2, 0) is 0 Å². The molecule has 1 aliphatic rings. The minimum atomic E-state index is -0.0324. The molecule has 3 heteroatoms. The van der Waals surface area contributed by atoms with E-state index < -0.39 is 0 Å². The van der Waals surface area contributed by atoms with Gasteiger partial charge in [0.15, 0.2) is 0 Å². The molecule has 0 spiro atoms. The second-order valence-electron chi connectivity index (χ2n) is 5.61. The summed E-state index contributed by atoms with van der Waals surface area (Å²) in [6.07, 6.45) is 2.03. The first-order chi connectivity index (χ1) is 11.7. The molecule has 116 valence electrons. The number of carbonyl (C=O) groups excluding carboxylic acids is 1. The normalized spacial score (nSPS) is 15.0. The van der Waals surface area contributed by atoms with E-state index in [2.05, 4.69) is 0 Å². The van der Waals surface area contributed by atoms with Gasteiger partial charge in [0, 0.05) is 16.1 Å². The molecule has 0 aliphatic carbocycles. The highest BCUT2D eigenvalue weighted by molar-refractivity contribution is 6.31. The molecule has 0 bridgehead atoms. The molecular formula is C21H14ClNO. The van der Waals surface area contributed by atoms with Gasteiger partial charge in [-0.15, -0.1) is 0 Å². The zero-order chi connectivity index (χ0) is 16.5. The highest BCUT2D eigenvalue weighted by atomic mass is 35.5. The molecule has 1 amide bonds. The van der Waals surface area contributed by atoms with E-state index in [-0.39, 0.29) is 5.91 Å². The van der Waals surface area contributed by atoms with E-state index in [0.717, 1.165) is 22.5 Å². The standard InChI is InChI=1S/C21H14ClNO/c22-16-9-6-10-17(14-16)23-20(13-15-7-2-1-3-8-15)18-11-4-5-12-19(18)21(23)24/h1-14H/b20-13-. The van der Waals surface area contributed by atoms with E-state index >= 15 is 0 Å². The van der Waals surface area contributed by atoms with Gasteiger partial charge in [-0.1, -0.05) is 66.2 Å². The Kier molecular flexibility index (Phi) is 3.68. The van der Waals surface area contributed by atoms with E-state index in [0.29, 0.717) is 10.6 Å². The summed E-state index contributed by atoms with van der Waals surface area (Å²) in [5, 5.41) is 0.607. The van der Waals surface area contributed by atoms with Crippen LogP contribution < -0.4 is 4.90 Å². The number of nitrogens with zero attached hydrogens (tertiary/aromatic N) is 1. The van der Waals surface area contributed by atoms with E-state index in [1.165, 1.54) is 0 Å². The molecule has 0 aromatic heterocycles. The van der Waals surface area contributed by atoms with Crippen molar-refractivity contribution in [1.29, 1.82) is 0 Å². The van der Waals surface area contributed by atoms with Gasteiger partial charge in [0.05, 0.1) is 11.4 Å². The van der Waals surface area contributed by atoms with Gasteiger partial charge in [0.25, 0.3) is 5.91 Å². The molecule has 3 aromatic carbocycles. The Morgan fingerprint density at radius 2 is 1.50 bits per heavy atom. The third-order valence-electron chi connectivity index (χ3n) is 4.05. The van der Waals surface area contributed by atoms with Gasteiger partial charge in [-0.3, -0.25) is 9.69 Å². The number of halogens is 1. The van der Waals surface area contributed by atoms with Crippen molar-refractivity contribution in [3.63, 3.8) is 0 Å². The fourth-order valence-electron chi connectivity index (χ4n) is 2.96. The summed E-state index contributed by atoms with van der Waals surface area (Å²) in [6.45, 7) is 0. The van der Waals surface area contributed by atoms with Crippen LogP contribution in [0, 0.1) is 0 Å². The van der Waals surface area contributed by atoms with E-state index in [1.807, 2.05) is 78.9 Å². The lowest BCUT2D eigenvalue weighted by Gasteiger charge is -2.19. The van der Waals surface area contributed by atoms with E-state index in [1.54, 1.807) is 11.0 Å². The third kappa shape index (κ3) is 2.51. The predicted molar refractivity (Wildman–Crippen MR) is 99.0 cm³/mol. The Bertz CT molecular complexity index is 947. The summed E-state index contributed by atoms with van der Waals surface area (Å²) in [5.74, 6) is -0.0324. The van der Waals surface area contributed by atoms with Crippen molar-refractivity contribution < 1.29 is 4.79 Å². The predicted octanol–water partition coefficient (Wildman–Crippen LogP) is 5.50. The second kappa shape index (κ2) is 5.99. The van der Waals surface area contributed by atoms with Crippen molar-refractivity contribution in [3.8, 4) is 0 Å². The topological polar surface area (TPSA) is 20.3 Å². The highest BCUT2D eigenvalue weighted by Gasteiger charge is 2.33. The molecular weight excluding hydrogens is 318 g/mol. The fraction of sp³-hybridized carbons (Fsp3) is 0. The summed E-state index contributed by atoms with van der Waals surface area (Å²) < 4.78 is 0. The zero-order valence-corrected chi connectivity index (χ0v) is 13.6. The molecule has 0 unspecified atom stereocenters. The molecule has 0 fully saturated rings. The number of amides is 1. The zero-order valence-electron chi connectivity index (χ0n) is 12.8. The van der Waals surface area contributed by atoms with Gasteiger partial charge in [-0.25, -0.2) is 0 Å². The first-order valence-electron chi connectivity index (χ1n) is 7.70. The minimum absolute atomic E-state index is 0.0324. The van der Waals surface area contributed by atoms with Crippen LogP contribution >= 0.6 is 11.6 Å². The maximum absolute atomic E-state index is 13.0. The number of hydrogen-bond acceptors (Lipinski definition) is 1. The first-order valence-corrected chi connectivity index (χ1v) is 8.08. The van der Waals surface area contributed by atoms with Gasteiger partial charge >= 0.3 is 0 Å². The maximum Gasteiger partial charge on any atom is 0.263 e. The maximum atomic E-state index is 13.0. The molecule has 1 aliphatic heterocycles. The molecule has 0 N–H and O–H groups in total. The van der Waals surface area contributed by atoms with Crippen LogP contribution in [0.15, 0.2) is 78.9 Å². The summed E-state index contributed by atoms with van der Waals surface area (Å²) in [6, 6.07) is 25.0. The monoisotopic (exact) mass is 331 g/mol. The van der Waals surface area contributed by atoms with Gasteiger partial charge in [0.1, 0.15) is 0 Å². The summed E-state index contributed by atoms with van der Waals surface area (Å²) in [4.78, 5) is 14.7. The van der Waals surface area contributed by atoms with Gasteiger partial charge in [0.2, 0.25) is 0 Å². The van der Waals surface area contributed by atoms with Crippen LogP contribution in [0.25, 0.3) is 11.8 Å². The molecule has 0 saturated heterocycles. The van der Waals surface area contributed by atoms with Crippen LogP contribution in [0.3, 0.4) is 0 Å². The number of carbonyl (C=O) groups is 1. The highest BCUT2D eigenvalue weighted by Crippen LogP contribution is 2.38. The van der Waals surface area contributed by atoms with Gasteiger partial charge in [-0.05, 0) is 35.9 Å². The molecule has 24 heavy (non-hydrogen) atoms. The Labute approximate surface area is 145 Å². The van der Waals surface area contributed by atoms with Crippen LogP contribution in [-0.4, -0.2) is 5.91 Å². The number of fused-ring (bicyclic) bond motifs is 1. The Balaban J connectivity index is 1.92. The molecule has 0 atom stereocenters. The summed E-state index contributed by atoms with van der Waals surface area (Å²) >= 11 is 6.13. The molecule has 2 nitrogen and oxygen atoms in total. The Morgan fingerprint density at radius 1 is 0.792 bits per heavy atom. The van der Waals surface area contributed by atoms with Crippen molar-refractivity contribution in [2.45, 2.75) is 0 Å². The fourth-order valence-corrected chi connectivity index (χ4v) is 3.15. The largest absolute Gasteiger partial charge is 0.276 e. The van der Waals surface area contributed by atoms with Crippen LogP contribution in [0.2, 0.25) is 5.02 Å². The molecule has 4 rings (SSSR count). The lowest BCUT2D eigenvalue weighted by molar-refractivity contribution is 0.101. The third-order valence-corrected chi connectivity index (χ3v) is 4.28. The van der Waals surface area contributed by atoms with Crippen LogP contribution in [0.4, 0.5) is 5.69 Å². The molecule has 0 radical (unpaired) electrons.